The third kappa shape index (κ3) is 4.23. The van der Waals surface area contributed by atoms with Gasteiger partial charge in [-0.05, 0) is 36.1 Å². The molecular weight excluding hydrogens is 430 g/mol. The Labute approximate surface area is 187 Å². The van der Waals surface area contributed by atoms with E-state index < -0.39 is 9.84 Å². The summed E-state index contributed by atoms with van der Waals surface area (Å²) in [5, 5.41) is 6.72. The summed E-state index contributed by atoms with van der Waals surface area (Å²) < 4.78 is 28.0. The number of pyridine rings is 1. The zero-order chi connectivity index (χ0) is 22.4. The van der Waals surface area contributed by atoms with Crippen molar-refractivity contribution in [2.75, 3.05) is 0 Å². The van der Waals surface area contributed by atoms with Crippen LogP contribution in [0, 0.1) is 6.92 Å². The average Bonchev–Trinajstić information content (AvgIpc) is 3.07. The molecule has 0 spiro atoms. The number of sulfone groups is 1. The molecule has 0 bridgehead atoms. The van der Waals surface area contributed by atoms with Gasteiger partial charge in [0.25, 0.3) is 0 Å². The van der Waals surface area contributed by atoms with E-state index in [1.165, 1.54) is 0 Å². The first-order valence-corrected chi connectivity index (χ1v) is 12.0. The van der Waals surface area contributed by atoms with Gasteiger partial charge in [-0.3, -0.25) is 0 Å². The first kappa shape index (κ1) is 21.5. The van der Waals surface area contributed by atoms with Gasteiger partial charge >= 0.3 is 0 Å². The standard InChI is InChI=1S/C24H24ClN3O2S/c1-16-13-18(15-31(29,30)19-11-9-17(10-12-19)24(2,3)4)28(27-16)23-21-8-6-5-7-20(21)22(25)14-26-23/h5-14H,15H2,1-4H3. The van der Waals surface area contributed by atoms with Crippen LogP contribution in [-0.2, 0) is 21.0 Å². The summed E-state index contributed by atoms with van der Waals surface area (Å²) in [6.45, 7) is 8.13. The van der Waals surface area contributed by atoms with Crippen LogP contribution in [0.1, 0.15) is 37.7 Å². The molecule has 0 fully saturated rings. The highest BCUT2D eigenvalue weighted by Crippen LogP contribution is 2.29. The normalized spacial score (nSPS) is 12.4. The highest BCUT2D eigenvalue weighted by Gasteiger charge is 2.22. The van der Waals surface area contributed by atoms with Crippen molar-refractivity contribution >= 4 is 32.2 Å². The van der Waals surface area contributed by atoms with Crippen molar-refractivity contribution < 1.29 is 8.42 Å². The first-order valence-electron chi connectivity index (χ1n) is 9.99. The van der Waals surface area contributed by atoms with Crippen molar-refractivity contribution in [1.82, 2.24) is 14.8 Å². The Morgan fingerprint density at radius 3 is 2.29 bits per heavy atom. The largest absolute Gasteiger partial charge is 0.235 e. The summed E-state index contributed by atoms with van der Waals surface area (Å²) in [5.74, 6) is 0.378. The van der Waals surface area contributed by atoms with Gasteiger partial charge in [-0.1, -0.05) is 68.8 Å². The number of fused-ring (bicyclic) bond motifs is 1. The van der Waals surface area contributed by atoms with Crippen molar-refractivity contribution in [1.29, 1.82) is 0 Å². The van der Waals surface area contributed by atoms with E-state index in [4.69, 9.17) is 11.6 Å². The SMILES string of the molecule is Cc1cc(CS(=O)(=O)c2ccc(C(C)(C)C)cc2)n(-c2ncc(Cl)c3ccccc23)n1. The minimum absolute atomic E-state index is 0.0423. The lowest BCUT2D eigenvalue weighted by atomic mass is 9.87. The molecule has 0 amide bonds. The van der Waals surface area contributed by atoms with Crippen LogP contribution >= 0.6 is 11.6 Å². The Bertz CT molecular complexity index is 1370. The van der Waals surface area contributed by atoms with Crippen molar-refractivity contribution in [2.45, 2.75) is 43.8 Å². The zero-order valence-corrected chi connectivity index (χ0v) is 19.5. The molecule has 4 rings (SSSR count). The molecule has 4 aromatic rings. The average molecular weight is 454 g/mol. The summed E-state index contributed by atoms with van der Waals surface area (Å²) in [4.78, 5) is 4.76. The number of benzene rings is 2. The van der Waals surface area contributed by atoms with Gasteiger partial charge in [0.15, 0.2) is 15.7 Å². The Balaban J connectivity index is 1.76. The fraction of sp³-hybridized carbons (Fsp3) is 0.250. The van der Waals surface area contributed by atoms with Crippen LogP contribution in [0.3, 0.4) is 0 Å². The highest BCUT2D eigenvalue weighted by molar-refractivity contribution is 7.90. The molecule has 0 saturated heterocycles. The molecule has 160 valence electrons. The third-order valence-electron chi connectivity index (χ3n) is 5.25. The topological polar surface area (TPSA) is 64.8 Å². The van der Waals surface area contributed by atoms with Gasteiger partial charge in [0.2, 0.25) is 0 Å². The second-order valence-electron chi connectivity index (χ2n) is 8.70. The van der Waals surface area contributed by atoms with E-state index in [-0.39, 0.29) is 11.2 Å². The first-order chi connectivity index (χ1) is 14.6. The molecule has 0 aliphatic rings. The molecule has 0 N–H and O–H groups in total. The fourth-order valence-corrected chi connectivity index (χ4v) is 5.12. The fourth-order valence-electron chi connectivity index (χ4n) is 3.59. The van der Waals surface area contributed by atoms with Gasteiger partial charge in [-0.2, -0.15) is 5.10 Å². The van der Waals surface area contributed by atoms with Crippen LogP contribution in [0.4, 0.5) is 0 Å². The Hall–Kier alpha value is -2.70. The molecule has 31 heavy (non-hydrogen) atoms. The number of aryl methyl sites for hydroxylation is 1. The van der Waals surface area contributed by atoms with Crippen LogP contribution in [0.5, 0.6) is 0 Å². The van der Waals surface area contributed by atoms with Crippen LogP contribution < -0.4 is 0 Å². The molecule has 2 aromatic heterocycles. The smallest absolute Gasteiger partial charge is 0.184 e. The zero-order valence-electron chi connectivity index (χ0n) is 17.9. The molecule has 0 aliphatic heterocycles. The van der Waals surface area contributed by atoms with Crippen LogP contribution in [0.2, 0.25) is 5.02 Å². The highest BCUT2D eigenvalue weighted by atomic mass is 35.5. The maximum Gasteiger partial charge on any atom is 0.184 e. The predicted octanol–water partition coefficient (Wildman–Crippen LogP) is 5.65. The summed E-state index contributed by atoms with van der Waals surface area (Å²) >= 11 is 6.30. The monoisotopic (exact) mass is 453 g/mol. The maximum absolute atomic E-state index is 13.2. The number of halogens is 1. The van der Waals surface area contributed by atoms with E-state index in [9.17, 15) is 8.42 Å². The van der Waals surface area contributed by atoms with Gasteiger partial charge in [-0.15, -0.1) is 0 Å². The minimum Gasteiger partial charge on any atom is -0.235 e. The van der Waals surface area contributed by atoms with Gasteiger partial charge in [0.1, 0.15) is 0 Å². The summed E-state index contributed by atoms with van der Waals surface area (Å²) in [6.07, 6.45) is 1.57. The van der Waals surface area contributed by atoms with Crippen molar-refractivity contribution in [3.05, 3.63) is 82.8 Å². The molecule has 7 heteroatoms. The lowest BCUT2D eigenvalue weighted by Gasteiger charge is -2.19. The summed E-state index contributed by atoms with van der Waals surface area (Å²) in [7, 11) is -3.57. The van der Waals surface area contributed by atoms with Gasteiger partial charge in [0.05, 0.1) is 27.1 Å². The lowest BCUT2D eigenvalue weighted by molar-refractivity contribution is 0.585. The van der Waals surface area contributed by atoms with Crippen molar-refractivity contribution in [3.8, 4) is 5.82 Å². The second-order valence-corrected chi connectivity index (χ2v) is 11.1. The maximum atomic E-state index is 13.2. The molecular formula is C24H24ClN3O2S. The van der Waals surface area contributed by atoms with E-state index in [1.807, 2.05) is 43.3 Å². The number of hydrogen-bond acceptors (Lipinski definition) is 4. The molecule has 5 nitrogen and oxygen atoms in total. The molecule has 0 unspecified atom stereocenters. The third-order valence-corrected chi connectivity index (χ3v) is 7.22. The molecule has 0 atom stereocenters. The van der Waals surface area contributed by atoms with Crippen LogP contribution in [0.25, 0.3) is 16.6 Å². The molecule has 2 heterocycles. The Kier molecular flexibility index (Phi) is 5.40. The second kappa shape index (κ2) is 7.77. The van der Waals surface area contributed by atoms with E-state index in [0.717, 1.165) is 16.3 Å². The van der Waals surface area contributed by atoms with E-state index in [1.54, 1.807) is 29.1 Å². The molecule has 0 radical (unpaired) electrons. The number of rotatable bonds is 4. The van der Waals surface area contributed by atoms with E-state index in [0.29, 0.717) is 27.1 Å². The van der Waals surface area contributed by atoms with Crippen molar-refractivity contribution in [2.24, 2.45) is 0 Å². The van der Waals surface area contributed by atoms with Crippen LogP contribution in [0.15, 0.2) is 65.7 Å². The van der Waals surface area contributed by atoms with E-state index >= 15 is 0 Å². The summed E-state index contributed by atoms with van der Waals surface area (Å²) in [5.41, 5.74) is 2.31. The van der Waals surface area contributed by atoms with Crippen molar-refractivity contribution in [3.63, 3.8) is 0 Å². The number of nitrogens with zero attached hydrogens (tertiary/aromatic N) is 3. The van der Waals surface area contributed by atoms with Crippen LogP contribution in [-0.4, -0.2) is 23.2 Å². The number of aromatic nitrogens is 3. The van der Waals surface area contributed by atoms with E-state index in [2.05, 4.69) is 30.9 Å². The van der Waals surface area contributed by atoms with Gasteiger partial charge in [-0.25, -0.2) is 18.1 Å². The molecule has 2 aromatic carbocycles. The minimum atomic E-state index is -3.57. The molecule has 0 saturated carbocycles. The van der Waals surface area contributed by atoms with Gasteiger partial charge in [0, 0.05) is 17.0 Å². The Morgan fingerprint density at radius 2 is 1.65 bits per heavy atom. The van der Waals surface area contributed by atoms with Gasteiger partial charge < -0.3 is 0 Å². The number of hydrogen-bond donors (Lipinski definition) is 0. The molecule has 0 aliphatic carbocycles. The predicted molar refractivity (Wildman–Crippen MR) is 125 cm³/mol. The lowest BCUT2D eigenvalue weighted by Crippen LogP contribution is -2.13. The quantitative estimate of drug-likeness (QED) is 0.400. The Morgan fingerprint density at radius 1 is 1.00 bits per heavy atom. The summed E-state index contributed by atoms with van der Waals surface area (Å²) in [6, 6.07) is 16.5.